The van der Waals surface area contributed by atoms with Crippen molar-refractivity contribution in [3.8, 4) is 5.82 Å². The van der Waals surface area contributed by atoms with Crippen LogP contribution in [0.15, 0.2) is 30.7 Å². The first-order chi connectivity index (χ1) is 6.83. The second-order valence-electron chi connectivity index (χ2n) is 2.99. The van der Waals surface area contributed by atoms with Gasteiger partial charge in [0, 0.05) is 24.2 Å². The van der Waals surface area contributed by atoms with Crippen molar-refractivity contribution in [2.75, 3.05) is 0 Å². The van der Waals surface area contributed by atoms with Crippen LogP contribution < -0.4 is 0 Å². The summed E-state index contributed by atoms with van der Waals surface area (Å²) in [6.45, 7) is 1.89. The Balaban J connectivity index is 2.56. The summed E-state index contributed by atoms with van der Waals surface area (Å²) in [5.41, 5.74) is 0.800. The fraction of sp³-hybridized carbons (Fsp3) is 0.200. The Morgan fingerprint density at radius 1 is 1.36 bits per heavy atom. The molecule has 2 aromatic rings. The standard InChI is InChI=1S/C10H11N3O/c1-8-11-5-6-13(8)10-9(7-14)3-2-4-12-10/h2-6,14H,7H2,1H3. The van der Waals surface area contributed by atoms with Crippen molar-refractivity contribution < 1.29 is 5.11 Å². The topological polar surface area (TPSA) is 50.9 Å². The Kier molecular flexibility index (Phi) is 2.28. The van der Waals surface area contributed by atoms with E-state index >= 15 is 0 Å². The average molecular weight is 189 g/mol. The first kappa shape index (κ1) is 8.90. The van der Waals surface area contributed by atoms with Crippen molar-refractivity contribution in [3.05, 3.63) is 42.1 Å². The van der Waals surface area contributed by atoms with Gasteiger partial charge in [0.25, 0.3) is 0 Å². The van der Waals surface area contributed by atoms with Gasteiger partial charge in [-0.05, 0) is 13.0 Å². The quantitative estimate of drug-likeness (QED) is 0.768. The molecule has 0 aliphatic rings. The fourth-order valence-corrected chi connectivity index (χ4v) is 1.37. The SMILES string of the molecule is Cc1nccn1-c1ncccc1CO. The van der Waals surface area contributed by atoms with Crippen molar-refractivity contribution in [3.63, 3.8) is 0 Å². The van der Waals surface area contributed by atoms with E-state index in [4.69, 9.17) is 5.11 Å². The smallest absolute Gasteiger partial charge is 0.143 e. The lowest BCUT2D eigenvalue weighted by atomic mass is 10.2. The summed E-state index contributed by atoms with van der Waals surface area (Å²) in [6.07, 6.45) is 5.25. The van der Waals surface area contributed by atoms with Gasteiger partial charge in [-0.25, -0.2) is 9.97 Å². The van der Waals surface area contributed by atoms with Crippen LogP contribution in [0.25, 0.3) is 5.82 Å². The highest BCUT2D eigenvalue weighted by atomic mass is 16.3. The van der Waals surface area contributed by atoms with E-state index in [0.29, 0.717) is 0 Å². The van der Waals surface area contributed by atoms with Crippen LogP contribution in [0.4, 0.5) is 0 Å². The molecule has 72 valence electrons. The predicted octanol–water partition coefficient (Wildman–Crippen LogP) is 1.07. The molecule has 0 saturated carbocycles. The van der Waals surface area contributed by atoms with E-state index in [1.165, 1.54) is 0 Å². The van der Waals surface area contributed by atoms with Crippen LogP contribution in [-0.2, 0) is 6.61 Å². The Hall–Kier alpha value is -1.68. The molecule has 2 heterocycles. The second kappa shape index (κ2) is 3.59. The number of aliphatic hydroxyl groups is 1. The lowest BCUT2D eigenvalue weighted by molar-refractivity contribution is 0.281. The molecular weight excluding hydrogens is 178 g/mol. The van der Waals surface area contributed by atoms with Crippen LogP contribution in [0, 0.1) is 6.92 Å². The van der Waals surface area contributed by atoms with E-state index in [2.05, 4.69) is 9.97 Å². The van der Waals surface area contributed by atoms with Crippen molar-refractivity contribution in [1.29, 1.82) is 0 Å². The third-order valence-electron chi connectivity index (χ3n) is 2.09. The number of rotatable bonds is 2. The number of hydrogen-bond donors (Lipinski definition) is 1. The largest absolute Gasteiger partial charge is 0.392 e. The van der Waals surface area contributed by atoms with E-state index in [-0.39, 0.29) is 6.61 Å². The molecule has 0 bridgehead atoms. The van der Waals surface area contributed by atoms with E-state index in [1.54, 1.807) is 18.5 Å². The first-order valence-corrected chi connectivity index (χ1v) is 4.38. The normalized spacial score (nSPS) is 10.4. The van der Waals surface area contributed by atoms with Gasteiger partial charge in [-0.15, -0.1) is 0 Å². The highest BCUT2D eigenvalue weighted by Crippen LogP contribution is 2.12. The maximum atomic E-state index is 9.13. The maximum absolute atomic E-state index is 9.13. The van der Waals surface area contributed by atoms with E-state index in [1.807, 2.05) is 23.8 Å². The molecule has 4 heteroatoms. The molecule has 2 rings (SSSR count). The second-order valence-corrected chi connectivity index (χ2v) is 2.99. The van der Waals surface area contributed by atoms with Gasteiger partial charge in [0.15, 0.2) is 0 Å². The number of aromatic nitrogens is 3. The minimum Gasteiger partial charge on any atom is -0.392 e. The number of pyridine rings is 1. The van der Waals surface area contributed by atoms with Crippen molar-refractivity contribution in [2.24, 2.45) is 0 Å². The zero-order valence-electron chi connectivity index (χ0n) is 7.88. The van der Waals surface area contributed by atoms with Crippen LogP contribution in [0.1, 0.15) is 11.4 Å². The fourth-order valence-electron chi connectivity index (χ4n) is 1.37. The summed E-state index contributed by atoms with van der Waals surface area (Å²) < 4.78 is 1.85. The van der Waals surface area contributed by atoms with Crippen LogP contribution in [-0.4, -0.2) is 19.6 Å². The molecule has 4 nitrogen and oxygen atoms in total. The lowest BCUT2D eigenvalue weighted by Crippen LogP contribution is -2.03. The number of imidazole rings is 1. The molecule has 0 unspecified atom stereocenters. The van der Waals surface area contributed by atoms with E-state index in [0.717, 1.165) is 17.2 Å². The van der Waals surface area contributed by atoms with Gasteiger partial charge in [0.2, 0.25) is 0 Å². The van der Waals surface area contributed by atoms with Gasteiger partial charge >= 0.3 is 0 Å². The summed E-state index contributed by atoms with van der Waals surface area (Å²) in [4.78, 5) is 8.33. The molecule has 0 fully saturated rings. The molecule has 0 aliphatic heterocycles. The average Bonchev–Trinajstić information content (AvgIpc) is 2.64. The van der Waals surface area contributed by atoms with E-state index < -0.39 is 0 Å². The summed E-state index contributed by atoms with van der Waals surface area (Å²) in [6, 6.07) is 3.66. The predicted molar refractivity (Wildman–Crippen MR) is 52.0 cm³/mol. The number of hydrogen-bond acceptors (Lipinski definition) is 3. The first-order valence-electron chi connectivity index (χ1n) is 4.38. The van der Waals surface area contributed by atoms with Crippen molar-refractivity contribution in [1.82, 2.24) is 14.5 Å². The highest BCUT2D eigenvalue weighted by molar-refractivity contribution is 5.34. The van der Waals surface area contributed by atoms with E-state index in [9.17, 15) is 0 Å². The molecular formula is C10H11N3O. The van der Waals surface area contributed by atoms with Gasteiger partial charge in [0.05, 0.1) is 6.61 Å². The third kappa shape index (κ3) is 1.40. The van der Waals surface area contributed by atoms with Gasteiger partial charge in [0.1, 0.15) is 11.6 Å². The molecule has 1 N–H and O–H groups in total. The molecule has 0 saturated heterocycles. The number of aliphatic hydroxyl groups excluding tert-OH is 1. The van der Waals surface area contributed by atoms with Gasteiger partial charge < -0.3 is 5.11 Å². The number of nitrogens with zero attached hydrogens (tertiary/aromatic N) is 3. The molecule has 0 spiro atoms. The van der Waals surface area contributed by atoms with Crippen LogP contribution in [0.3, 0.4) is 0 Å². The third-order valence-corrected chi connectivity index (χ3v) is 2.09. The molecule has 0 aliphatic carbocycles. The lowest BCUT2D eigenvalue weighted by Gasteiger charge is -2.07. The van der Waals surface area contributed by atoms with Gasteiger partial charge in [-0.3, -0.25) is 4.57 Å². The minimum absolute atomic E-state index is 0.0131. The highest BCUT2D eigenvalue weighted by Gasteiger charge is 2.06. The summed E-state index contributed by atoms with van der Waals surface area (Å²) in [5.74, 6) is 1.60. The molecule has 14 heavy (non-hydrogen) atoms. The van der Waals surface area contributed by atoms with Crippen molar-refractivity contribution >= 4 is 0 Å². The molecule has 2 aromatic heterocycles. The van der Waals surface area contributed by atoms with Crippen LogP contribution >= 0.6 is 0 Å². The Morgan fingerprint density at radius 2 is 2.21 bits per heavy atom. The van der Waals surface area contributed by atoms with Crippen molar-refractivity contribution in [2.45, 2.75) is 13.5 Å². The summed E-state index contributed by atoms with van der Waals surface area (Å²) in [7, 11) is 0. The summed E-state index contributed by atoms with van der Waals surface area (Å²) >= 11 is 0. The van der Waals surface area contributed by atoms with Crippen LogP contribution in [0.5, 0.6) is 0 Å². The van der Waals surface area contributed by atoms with Gasteiger partial charge in [-0.2, -0.15) is 0 Å². The monoisotopic (exact) mass is 189 g/mol. The zero-order chi connectivity index (χ0) is 9.97. The Morgan fingerprint density at radius 3 is 2.86 bits per heavy atom. The number of aryl methyl sites for hydroxylation is 1. The van der Waals surface area contributed by atoms with Crippen LogP contribution in [0.2, 0.25) is 0 Å². The Bertz CT molecular complexity index is 436. The Labute approximate surface area is 81.9 Å². The molecule has 0 aromatic carbocycles. The van der Waals surface area contributed by atoms with Gasteiger partial charge in [-0.1, -0.05) is 6.07 Å². The molecule has 0 atom stereocenters. The maximum Gasteiger partial charge on any atom is 0.143 e. The summed E-state index contributed by atoms with van der Waals surface area (Å²) in [5, 5.41) is 9.13. The minimum atomic E-state index is -0.0131. The molecule has 0 amide bonds. The zero-order valence-corrected chi connectivity index (χ0v) is 7.88. The molecule has 0 radical (unpaired) electrons.